The Hall–Kier alpha value is 1.42. The van der Waals surface area contributed by atoms with Gasteiger partial charge in [-0.25, -0.2) is 0 Å². The summed E-state index contributed by atoms with van der Waals surface area (Å²) >= 11 is 17.0. The quantitative estimate of drug-likeness (QED) is 0.389. The van der Waals surface area contributed by atoms with Crippen molar-refractivity contribution < 1.29 is 0 Å². The van der Waals surface area contributed by atoms with E-state index in [-0.39, 0.29) is 0 Å². The molecule has 0 fully saturated rings. The van der Waals surface area contributed by atoms with E-state index in [0.29, 0.717) is 5.69 Å². The van der Waals surface area contributed by atoms with E-state index in [4.69, 9.17) is 5.73 Å². The number of rotatable bonds is 0. The number of nitrogen functional groups attached to an aromatic ring is 1. The van der Waals surface area contributed by atoms with Gasteiger partial charge >= 0.3 is 0 Å². The van der Waals surface area contributed by atoms with Gasteiger partial charge in [0.2, 0.25) is 0 Å². The molecule has 0 spiro atoms. The highest BCUT2D eigenvalue weighted by atomic mass is 80.0. The van der Waals surface area contributed by atoms with Crippen molar-refractivity contribution in [2.75, 3.05) is 5.73 Å². The number of anilines is 1. The van der Waals surface area contributed by atoms with Crippen LogP contribution in [0.2, 0.25) is 0 Å². The second kappa shape index (κ2) is 4.51. The zero-order valence-electron chi connectivity index (χ0n) is 6.12. The van der Waals surface area contributed by atoms with Crippen LogP contribution in [-0.4, -0.2) is 0 Å². The lowest BCUT2D eigenvalue weighted by Gasteiger charge is -2.16. The number of hydrogen-bond acceptors (Lipinski definition) is 1. The number of halogens is 5. The summed E-state index contributed by atoms with van der Waals surface area (Å²) in [4.78, 5) is 0. The van der Waals surface area contributed by atoms with Crippen molar-refractivity contribution in [2.24, 2.45) is 0 Å². The van der Waals surface area contributed by atoms with Crippen LogP contribution in [0.25, 0.3) is 0 Å². The normalized spacial score (nSPS) is 11.8. The average Bonchev–Trinajstić information content (AvgIpc) is 1.94. The van der Waals surface area contributed by atoms with Crippen molar-refractivity contribution in [3.8, 4) is 0 Å². The monoisotopic (exact) mass is 497 g/mol. The molecular weight excluding hydrogens is 498 g/mol. The second-order valence-corrected chi connectivity index (χ2v) is 10.9. The fraction of sp³-hybridized carbons (Fsp3) is 0.143. The first-order chi connectivity index (χ1) is 5.82. The highest BCUT2D eigenvalue weighted by molar-refractivity contribution is 9.38. The second-order valence-electron chi connectivity index (χ2n) is 2.35. The Morgan fingerprint density at radius 1 is 1.08 bits per heavy atom. The summed E-state index contributed by atoms with van der Waals surface area (Å²) < 4.78 is 1.34. The third kappa shape index (κ3) is 3.19. The van der Waals surface area contributed by atoms with E-state index in [2.05, 4.69) is 79.6 Å². The third-order valence-corrected chi connectivity index (χ3v) is 3.80. The lowest BCUT2D eigenvalue weighted by molar-refractivity contribution is 1.35. The highest BCUT2D eigenvalue weighted by Gasteiger charge is 2.24. The van der Waals surface area contributed by atoms with Crippen LogP contribution in [0.15, 0.2) is 21.1 Å². The first kappa shape index (κ1) is 12.5. The zero-order chi connectivity index (χ0) is 10.2. The minimum absolute atomic E-state index is 0.483. The fourth-order valence-corrected chi connectivity index (χ4v) is 3.03. The summed E-state index contributed by atoms with van der Waals surface area (Å²) in [6.45, 7) is 0. The maximum absolute atomic E-state index is 5.88. The van der Waals surface area contributed by atoms with Gasteiger partial charge in [-0.05, 0) is 28.1 Å². The standard InChI is InChI=1S/C7H4Br5N/c8-3-1-4(7(10,11)12)6(13)5(9)2-3/h1-2H,13H2. The predicted octanol–water partition coefficient (Wildman–Crippen LogP) is 5.09. The van der Waals surface area contributed by atoms with Gasteiger partial charge in [0.1, 0.15) is 0 Å². The summed E-state index contributed by atoms with van der Waals surface area (Å²) in [6.07, 6.45) is 0. The molecule has 0 aliphatic carbocycles. The minimum Gasteiger partial charge on any atom is -0.397 e. The molecule has 13 heavy (non-hydrogen) atoms. The first-order valence-corrected chi connectivity index (χ1v) is 7.10. The number of benzene rings is 1. The Morgan fingerprint density at radius 2 is 1.62 bits per heavy atom. The van der Waals surface area contributed by atoms with Gasteiger partial charge in [0.15, 0.2) is 2.14 Å². The molecule has 0 bridgehead atoms. The molecule has 0 saturated heterocycles. The van der Waals surface area contributed by atoms with Crippen molar-refractivity contribution in [3.05, 3.63) is 26.6 Å². The van der Waals surface area contributed by atoms with Crippen LogP contribution in [0.3, 0.4) is 0 Å². The van der Waals surface area contributed by atoms with Crippen molar-refractivity contribution in [3.63, 3.8) is 0 Å². The molecule has 1 rings (SSSR count). The van der Waals surface area contributed by atoms with Gasteiger partial charge in [-0.2, -0.15) is 0 Å². The minimum atomic E-state index is -0.483. The number of alkyl halides is 3. The van der Waals surface area contributed by atoms with Crippen LogP contribution >= 0.6 is 79.6 Å². The van der Waals surface area contributed by atoms with Gasteiger partial charge < -0.3 is 5.73 Å². The van der Waals surface area contributed by atoms with Crippen LogP contribution in [0, 0.1) is 0 Å². The summed E-state index contributed by atoms with van der Waals surface area (Å²) in [5, 5.41) is 0. The van der Waals surface area contributed by atoms with Crippen molar-refractivity contribution >= 4 is 85.3 Å². The summed E-state index contributed by atoms with van der Waals surface area (Å²) in [5.74, 6) is 0. The molecule has 72 valence electrons. The topological polar surface area (TPSA) is 26.0 Å². The zero-order valence-corrected chi connectivity index (χ0v) is 14.1. The predicted molar refractivity (Wildman–Crippen MR) is 74.7 cm³/mol. The number of hydrogen-bond donors (Lipinski definition) is 1. The van der Waals surface area contributed by atoms with Gasteiger partial charge in [-0.15, -0.1) is 0 Å². The summed E-state index contributed by atoms with van der Waals surface area (Å²) in [7, 11) is 0. The maximum Gasteiger partial charge on any atom is 0.161 e. The van der Waals surface area contributed by atoms with E-state index in [9.17, 15) is 0 Å². The lowest BCUT2D eigenvalue weighted by atomic mass is 10.2. The van der Waals surface area contributed by atoms with E-state index in [1.807, 2.05) is 12.1 Å². The molecule has 0 aliphatic rings. The molecule has 6 heteroatoms. The van der Waals surface area contributed by atoms with Gasteiger partial charge in [-0.3, -0.25) is 0 Å². The van der Waals surface area contributed by atoms with E-state index in [1.54, 1.807) is 0 Å². The molecular formula is C7H4Br5N. The van der Waals surface area contributed by atoms with Crippen LogP contribution < -0.4 is 5.73 Å². The molecule has 0 radical (unpaired) electrons. The SMILES string of the molecule is Nc1c(Br)cc(Br)cc1C(Br)(Br)Br. The fourth-order valence-electron chi connectivity index (χ4n) is 0.819. The van der Waals surface area contributed by atoms with E-state index >= 15 is 0 Å². The molecule has 1 aromatic rings. The molecule has 2 N–H and O–H groups in total. The third-order valence-electron chi connectivity index (χ3n) is 1.40. The molecule has 0 aromatic heterocycles. The van der Waals surface area contributed by atoms with Crippen LogP contribution in [0.1, 0.15) is 5.56 Å². The summed E-state index contributed by atoms with van der Waals surface area (Å²) in [5.41, 5.74) is 7.48. The highest BCUT2D eigenvalue weighted by Crippen LogP contribution is 2.48. The van der Waals surface area contributed by atoms with E-state index < -0.39 is 2.14 Å². The Balaban J connectivity index is 3.37. The van der Waals surface area contributed by atoms with Crippen molar-refractivity contribution in [1.82, 2.24) is 0 Å². The number of nitrogens with two attached hydrogens (primary N) is 1. The van der Waals surface area contributed by atoms with Gasteiger partial charge in [0.05, 0.1) is 5.69 Å². The molecule has 0 atom stereocenters. The van der Waals surface area contributed by atoms with Crippen LogP contribution in [0.4, 0.5) is 5.69 Å². The Kier molecular flexibility index (Phi) is 4.33. The molecule has 1 nitrogen and oxygen atoms in total. The van der Waals surface area contributed by atoms with Gasteiger partial charge in [0.25, 0.3) is 0 Å². The molecule has 0 aliphatic heterocycles. The molecule has 1 aromatic carbocycles. The van der Waals surface area contributed by atoms with Crippen LogP contribution in [-0.2, 0) is 2.14 Å². The Morgan fingerprint density at radius 3 is 2.08 bits per heavy atom. The smallest absolute Gasteiger partial charge is 0.161 e. The average molecular weight is 502 g/mol. The van der Waals surface area contributed by atoms with Gasteiger partial charge in [0, 0.05) is 14.5 Å². The largest absolute Gasteiger partial charge is 0.397 e. The summed E-state index contributed by atoms with van der Waals surface area (Å²) in [6, 6.07) is 3.83. The van der Waals surface area contributed by atoms with Gasteiger partial charge in [-0.1, -0.05) is 63.7 Å². The maximum atomic E-state index is 5.88. The lowest BCUT2D eigenvalue weighted by Crippen LogP contribution is -2.04. The van der Waals surface area contributed by atoms with Crippen molar-refractivity contribution in [1.29, 1.82) is 0 Å². The van der Waals surface area contributed by atoms with Crippen molar-refractivity contribution in [2.45, 2.75) is 2.14 Å². The molecule has 0 unspecified atom stereocenters. The molecule has 0 amide bonds. The Labute approximate surface area is 118 Å². The molecule has 0 heterocycles. The van der Waals surface area contributed by atoms with E-state index in [1.165, 1.54) is 0 Å². The molecule has 0 saturated carbocycles. The van der Waals surface area contributed by atoms with E-state index in [0.717, 1.165) is 14.5 Å². The van der Waals surface area contributed by atoms with Crippen LogP contribution in [0.5, 0.6) is 0 Å². The first-order valence-electron chi connectivity index (χ1n) is 3.14. The Bertz CT molecular complexity index is 330.